The molecule has 7 heteroatoms. The van der Waals surface area contributed by atoms with Gasteiger partial charge >= 0.3 is 0 Å². The van der Waals surface area contributed by atoms with E-state index in [9.17, 15) is 4.79 Å². The van der Waals surface area contributed by atoms with Crippen LogP contribution in [0.15, 0.2) is 29.1 Å². The number of methoxy groups -OCH3 is 1. The normalized spacial score (nSPS) is 22.8. The van der Waals surface area contributed by atoms with Crippen LogP contribution in [0.5, 0.6) is 5.75 Å². The summed E-state index contributed by atoms with van der Waals surface area (Å²) in [6.07, 6.45) is 0.960. The summed E-state index contributed by atoms with van der Waals surface area (Å²) in [5, 5.41) is 0. The summed E-state index contributed by atoms with van der Waals surface area (Å²) in [5.74, 6) is 1.52. The highest BCUT2D eigenvalue weighted by molar-refractivity contribution is 5.35. The molecule has 1 aromatic carbocycles. The maximum atomic E-state index is 12.7. The fourth-order valence-electron chi connectivity index (χ4n) is 4.15. The Kier molecular flexibility index (Phi) is 5.37. The number of rotatable bonds is 4. The van der Waals surface area contributed by atoms with Gasteiger partial charge in [-0.2, -0.15) is 0 Å². The molecule has 2 unspecified atom stereocenters. The molecule has 3 heterocycles. The summed E-state index contributed by atoms with van der Waals surface area (Å²) in [6.45, 7) is 7.91. The number of fused-ring (bicyclic) bond motifs is 1. The number of benzene rings is 1. The van der Waals surface area contributed by atoms with E-state index >= 15 is 0 Å². The van der Waals surface area contributed by atoms with Crippen molar-refractivity contribution in [2.45, 2.75) is 45.6 Å². The Morgan fingerprint density at radius 2 is 2.07 bits per heavy atom. The van der Waals surface area contributed by atoms with Gasteiger partial charge in [-0.3, -0.25) is 14.7 Å². The average molecular weight is 384 g/mol. The molecule has 7 nitrogen and oxygen atoms in total. The smallest absolute Gasteiger partial charge is 0.255 e. The lowest BCUT2D eigenvalue weighted by molar-refractivity contribution is -0.00576. The van der Waals surface area contributed by atoms with Crippen LogP contribution in [0.2, 0.25) is 0 Å². The van der Waals surface area contributed by atoms with Gasteiger partial charge in [-0.1, -0.05) is 12.1 Å². The number of anilines is 1. The van der Waals surface area contributed by atoms with Crippen LogP contribution >= 0.6 is 0 Å². The van der Waals surface area contributed by atoms with Gasteiger partial charge in [0.1, 0.15) is 5.75 Å². The van der Waals surface area contributed by atoms with E-state index in [1.807, 2.05) is 12.1 Å². The Hall–Kier alpha value is -2.38. The van der Waals surface area contributed by atoms with E-state index in [1.165, 1.54) is 5.56 Å². The molecule has 2 aromatic rings. The number of aromatic nitrogens is 2. The molecule has 1 fully saturated rings. The van der Waals surface area contributed by atoms with Crippen LogP contribution in [-0.4, -0.2) is 53.8 Å². The van der Waals surface area contributed by atoms with Crippen molar-refractivity contribution < 1.29 is 9.47 Å². The molecule has 0 radical (unpaired) electrons. The highest BCUT2D eigenvalue weighted by Gasteiger charge is 2.27. The molecule has 2 aliphatic rings. The van der Waals surface area contributed by atoms with E-state index in [0.29, 0.717) is 12.5 Å². The minimum Gasteiger partial charge on any atom is -0.497 e. The van der Waals surface area contributed by atoms with E-state index in [4.69, 9.17) is 14.5 Å². The molecular weight excluding hydrogens is 356 g/mol. The lowest BCUT2D eigenvalue weighted by atomic mass is 10.1. The first kappa shape index (κ1) is 19.0. The number of ether oxygens (including phenoxy) is 2. The molecule has 28 heavy (non-hydrogen) atoms. The molecule has 0 bridgehead atoms. The molecule has 0 spiro atoms. The molecule has 2 atom stereocenters. The monoisotopic (exact) mass is 384 g/mol. The molecule has 1 saturated heterocycles. The zero-order chi connectivity index (χ0) is 19.7. The summed E-state index contributed by atoms with van der Waals surface area (Å²) >= 11 is 0. The SMILES string of the molecule is COc1cccc(CN2CCc3c(nc(N4CC(C)OC(C)C4)[nH]c3=O)C2)c1. The Balaban J connectivity index is 1.54. The first-order valence-electron chi connectivity index (χ1n) is 9.89. The van der Waals surface area contributed by atoms with Gasteiger partial charge in [0.25, 0.3) is 5.56 Å². The number of morpholine rings is 1. The molecule has 4 rings (SSSR count). The van der Waals surface area contributed by atoms with E-state index in [2.05, 4.69) is 40.8 Å². The Labute approximate surface area is 165 Å². The summed E-state index contributed by atoms with van der Waals surface area (Å²) in [6, 6.07) is 8.12. The quantitative estimate of drug-likeness (QED) is 0.869. The van der Waals surface area contributed by atoms with Gasteiger partial charge in [-0.25, -0.2) is 4.98 Å². The van der Waals surface area contributed by atoms with Crippen molar-refractivity contribution in [3.05, 3.63) is 51.4 Å². The van der Waals surface area contributed by atoms with Crippen molar-refractivity contribution in [2.24, 2.45) is 0 Å². The zero-order valence-electron chi connectivity index (χ0n) is 16.8. The second kappa shape index (κ2) is 7.93. The maximum absolute atomic E-state index is 12.7. The third-order valence-corrected chi connectivity index (χ3v) is 5.40. The fourth-order valence-corrected chi connectivity index (χ4v) is 4.15. The van der Waals surface area contributed by atoms with E-state index < -0.39 is 0 Å². The van der Waals surface area contributed by atoms with Crippen molar-refractivity contribution in [2.75, 3.05) is 31.6 Å². The second-order valence-electron chi connectivity index (χ2n) is 7.79. The van der Waals surface area contributed by atoms with Gasteiger partial charge in [-0.15, -0.1) is 0 Å². The van der Waals surface area contributed by atoms with E-state index in [0.717, 1.165) is 49.6 Å². The molecule has 1 N–H and O–H groups in total. The van der Waals surface area contributed by atoms with Crippen molar-refractivity contribution in [3.8, 4) is 5.75 Å². The summed E-state index contributed by atoms with van der Waals surface area (Å²) < 4.78 is 11.1. The van der Waals surface area contributed by atoms with E-state index in [1.54, 1.807) is 7.11 Å². The van der Waals surface area contributed by atoms with Crippen LogP contribution in [0.3, 0.4) is 0 Å². The second-order valence-corrected chi connectivity index (χ2v) is 7.79. The topological polar surface area (TPSA) is 70.7 Å². The minimum absolute atomic E-state index is 0.00664. The number of hydrogen-bond acceptors (Lipinski definition) is 6. The third-order valence-electron chi connectivity index (χ3n) is 5.40. The molecule has 2 aliphatic heterocycles. The van der Waals surface area contributed by atoms with Gasteiger partial charge in [-0.05, 0) is 38.0 Å². The molecule has 0 amide bonds. The molecule has 1 aromatic heterocycles. The standard InChI is InChI=1S/C21H28N4O3/c1-14-10-25(11-15(2)28-14)21-22-19-13-24(8-7-18(19)20(26)23-21)12-16-5-4-6-17(9-16)27-3/h4-6,9,14-15H,7-8,10-13H2,1-3H3,(H,22,23,26). The molecule has 150 valence electrons. The predicted octanol–water partition coefficient (Wildman–Crippen LogP) is 1.95. The minimum atomic E-state index is -0.00664. The number of hydrogen-bond donors (Lipinski definition) is 1. The lowest BCUT2D eigenvalue weighted by Crippen LogP contribution is -2.47. The molecular formula is C21H28N4O3. The summed E-state index contributed by atoms with van der Waals surface area (Å²) in [7, 11) is 1.68. The third kappa shape index (κ3) is 4.05. The first-order valence-corrected chi connectivity index (χ1v) is 9.89. The first-order chi connectivity index (χ1) is 13.5. The van der Waals surface area contributed by atoms with Gasteiger partial charge in [0.2, 0.25) is 5.95 Å². The lowest BCUT2D eigenvalue weighted by Gasteiger charge is -2.36. The van der Waals surface area contributed by atoms with Crippen LogP contribution in [-0.2, 0) is 24.2 Å². The highest BCUT2D eigenvalue weighted by atomic mass is 16.5. The van der Waals surface area contributed by atoms with Crippen LogP contribution in [0, 0.1) is 0 Å². The average Bonchev–Trinajstić information content (AvgIpc) is 2.67. The summed E-state index contributed by atoms with van der Waals surface area (Å²) in [5.41, 5.74) is 2.90. The number of H-pyrrole nitrogens is 1. The Morgan fingerprint density at radius 3 is 2.82 bits per heavy atom. The van der Waals surface area contributed by atoms with Crippen molar-refractivity contribution >= 4 is 5.95 Å². The number of nitrogens with zero attached hydrogens (tertiary/aromatic N) is 3. The molecule has 0 aliphatic carbocycles. The largest absolute Gasteiger partial charge is 0.497 e. The highest BCUT2D eigenvalue weighted by Crippen LogP contribution is 2.22. The van der Waals surface area contributed by atoms with Crippen molar-refractivity contribution in [1.29, 1.82) is 0 Å². The Morgan fingerprint density at radius 1 is 1.29 bits per heavy atom. The zero-order valence-corrected chi connectivity index (χ0v) is 16.8. The number of aromatic amines is 1. The number of nitrogens with one attached hydrogen (secondary N) is 1. The van der Waals surface area contributed by atoms with Crippen LogP contribution < -0.4 is 15.2 Å². The van der Waals surface area contributed by atoms with Gasteiger partial charge in [0.15, 0.2) is 0 Å². The Bertz CT molecular complexity index is 887. The van der Waals surface area contributed by atoms with Crippen LogP contribution in [0.25, 0.3) is 0 Å². The van der Waals surface area contributed by atoms with Gasteiger partial charge < -0.3 is 14.4 Å². The van der Waals surface area contributed by atoms with Gasteiger partial charge in [0.05, 0.1) is 25.0 Å². The van der Waals surface area contributed by atoms with Gasteiger partial charge in [0, 0.05) is 38.3 Å². The van der Waals surface area contributed by atoms with Crippen LogP contribution in [0.1, 0.15) is 30.7 Å². The molecule has 0 saturated carbocycles. The fraction of sp³-hybridized carbons (Fsp3) is 0.524. The summed E-state index contributed by atoms with van der Waals surface area (Å²) in [4.78, 5) is 24.9. The predicted molar refractivity (Wildman–Crippen MR) is 108 cm³/mol. The van der Waals surface area contributed by atoms with E-state index in [-0.39, 0.29) is 17.8 Å². The maximum Gasteiger partial charge on any atom is 0.255 e. The van der Waals surface area contributed by atoms with Crippen LogP contribution in [0.4, 0.5) is 5.95 Å². The van der Waals surface area contributed by atoms with Crippen molar-refractivity contribution in [3.63, 3.8) is 0 Å². The van der Waals surface area contributed by atoms with Crippen molar-refractivity contribution in [1.82, 2.24) is 14.9 Å².